The van der Waals surface area contributed by atoms with Crippen molar-refractivity contribution in [3.8, 4) is 0 Å². The molecule has 0 fully saturated rings. The Morgan fingerprint density at radius 1 is 1.00 bits per heavy atom. The van der Waals surface area contributed by atoms with E-state index in [1.165, 1.54) is 18.2 Å². The second-order valence-electron chi connectivity index (χ2n) is 7.80. The normalized spacial score (nSPS) is 10.9. The molecular weight excluding hydrogens is 439 g/mol. The number of nitrogens with one attached hydrogen (secondary N) is 1. The third-order valence-electron chi connectivity index (χ3n) is 5.46. The maximum Gasteiger partial charge on any atom is 0.267 e. The third kappa shape index (κ3) is 4.33. The molecule has 5 N–H and O–H groups in total. The number of benzene rings is 2. The topological polar surface area (TPSA) is 146 Å². The molecule has 10 heteroatoms. The molecule has 2 aromatic heterocycles. The van der Waals surface area contributed by atoms with E-state index in [4.69, 9.17) is 11.5 Å². The number of fused-ring (bicyclic) bond motifs is 1. The molecule has 0 atom stereocenters. The van der Waals surface area contributed by atoms with Gasteiger partial charge in [-0.3, -0.25) is 19.1 Å². The average molecular weight is 460 g/mol. The van der Waals surface area contributed by atoms with E-state index in [0.717, 1.165) is 11.6 Å². The summed E-state index contributed by atoms with van der Waals surface area (Å²) in [5, 5.41) is 7.72. The zero-order chi connectivity index (χ0) is 24.6. The van der Waals surface area contributed by atoms with Gasteiger partial charge in [0.2, 0.25) is 5.91 Å². The number of carbonyl (C=O) groups excluding carboxylic acids is 3. The van der Waals surface area contributed by atoms with Crippen LogP contribution < -0.4 is 16.8 Å². The molecule has 4 rings (SSSR count). The second-order valence-corrected chi connectivity index (χ2v) is 7.80. The number of hydrogen-bond donors (Lipinski definition) is 3. The van der Waals surface area contributed by atoms with E-state index in [1.54, 1.807) is 35.9 Å². The fourth-order valence-corrected chi connectivity index (χ4v) is 3.68. The minimum absolute atomic E-state index is 0.132. The Morgan fingerprint density at radius 2 is 1.71 bits per heavy atom. The Balaban J connectivity index is 1.65. The Kier molecular flexibility index (Phi) is 5.80. The van der Waals surface area contributed by atoms with E-state index in [9.17, 15) is 18.8 Å². The van der Waals surface area contributed by atoms with Crippen LogP contribution in [0.5, 0.6) is 0 Å². The Labute approximate surface area is 193 Å². The van der Waals surface area contributed by atoms with Gasteiger partial charge in [0.15, 0.2) is 0 Å². The standard InChI is InChI=1S/C24H21FN6O3/c1-12-21(13(2)31(30-12)11-14-3-5-15(6-4-14)22(26)32)29-24(34)18-10-20(23(27)33)28-19-9-16(25)7-8-17(18)19/h3-10H,11H2,1-2H3,(H2,26,32)(H2,27,33)(H,29,34). The van der Waals surface area contributed by atoms with Gasteiger partial charge in [-0.1, -0.05) is 12.1 Å². The molecule has 0 aliphatic rings. The molecule has 0 saturated heterocycles. The fourth-order valence-electron chi connectivity index (χ4n) is 3.68. The first-order valence-electron chi connectivity index (χ1n) is 10.3. The quantitative estimate of drug-likeness (QED) is 0.405. The highest BCUT2D eigenvalue weighted by molar-refractivity contribution is 6.14. The zero-order valence-corrected chi connectivity index (χ0v) is 18.4. The Hall–Kier alpha value is -4.60. The number of primary amides is 2. The van der Waals surface area contributed by atoms with E-state index < -0.39 is 23.5 Å². The van der Waals surface area contributed by atoms with E-state index in [2.05, 4.69) is 15.4 Å². The summed E-state index contributed by atoms with van der Waals surface area (Å²) in [6.07, 6.45) is 0. The molecule has 2 heterocycles. The molecule has 0 saturated carbocycles. The molecule has 0 radical (unpaired) electrons. The van der Waals surface area contributed by atoms with Crippen molar-refractivity contribution in [2.45, 2.75) is 20.4 Å². The molecule has 4 aromatic rings. The van der Waals surface area contributed by atoms with Crippen LogP contribution in [0.25, 0.3) is 10.9 Å². The molecule has 0 spiro atoms. The van der Waals surface area contributed by atoms with Crippen LogP contribution in [0.15, 0.2) is 48.5 Å². The van der Waals surface area contributed by atoms with Crippen LogP contribution in [0.3, 0.4) is 0 Å². The number of halogens is 1. The van der Waals surface area contributed by atoms with Crippen molar-refractivity contribution in [2.24, 2.45) is 11.5 Å². The van der Waals surface area contributed by atoms with Crippen LogP contribution in [-0.4, -0.2) is 32.5 Å². The maximum atomic E-state index is 13.7. The van der Waals surface area contributed by atoms with Crippen molar-refractivity contribution >= 4 is 34.3 Å². The maximum absolute atomic E-state index is 13.7. The molecule has 0 aliphatic heterocycles. The smallest absolute Gasteiger partial charge is 0.267 e. The molecule has 3 amide bonds. The van der Waals surface area contributed by atoms with Gasteiger partial charge in [-0.15, -0.1) is 0 Å². The predicted molar refractivity (Wildman–Crippen MR) is 124 cm³/mol. The van der Waals surface area contributed by atoms with E-state index in [0.29, 0.717) is 34.6 Å². The molecule has 0 aliphatic carbocycles. The summed E-state index contributed by atoms with van der Waals surface area (Å²) in [6.45, 7) is 3.97. The van der Waals surface area contributed by atoms with Crippen molar-refractivity contribution in [1.82, 2.24) is 14.8 Å². The van der Waals surface area contributed by atoms with Gasteiger partial charge in [0.05, 0.1) is 34.7 Å². The van der Waals surface area contributed by atoms with Gasteiger partial charge in [0, 0.05) is 17.0 Å². The summed E-state index contributed by atoms with van der Waals surface area (Å²) >= 11 is 0. The number of pyridine rings is 1. The van der Waals surface area contributed by atoms with Gasteiger partial charge in [0.1, 0.15) is 11.5 Å². The van der Waals surface area contributed by atoms with Gasteiger partial charge in [-0.2, -0.15) is 5.10 Å². The van der Waals surface area contributed by atoms with Crippen LogP contribution in [-0.2, 0) is 6.54 Å². The van der Waals surface area contributed by atoms with Crippen molar-refractivity contribution in [3.05, 3.63) is 88.1 Å². The van der Waals surface area contributed by atoms with Crippen molar-refractivity contribution in [3.63, 3.8) is 0 Å². The van der Waals surface area contributed by atoms with Gasteiger partial charge < -0.3 is 16.8 Å². The minimum Gasteiger partial charge on any atom is -0.366 e. The molecule has 34 heavy (non-hydrogen) atoms. The first kappa shape index (κ1) is 22.6. The first-order valence-corrected chi connectivity index (χ1v) is 10.3. The number of nitrogens with zero attached hydrogens (tertiary/aromatic N) is 3. The van der Waals surface area contributed by atoms with Gasteiger partial charge in [-0.25, -0.2) is 9.37 Å². The summed E-state index contributed by atoms with van der Waals surface area (Å²) in [4.78, 5) is 40.2. The van der Waals surface area contributed by atoms with Crippen molar-refractivity contribution in [1.29, 1.82) is 0 Å². The van der Waals surface area contributed by atoms with Crippen LogP contribution >= 0.6 is 0 Å². The van der Waals surface area contributed by atoms with Crippen LogP contribution in [0.1, 0.15) is 48.2 Å². The minimum atomic E-state index is -0.831. The molecule has 172 valence electrons. The lowest BCUT2D eigenvalue weighted by Crippen LogP contribution is -2.18. The average Bonchev–Trinajstić information content (AvgIpc) is 3.05. The lowest BCUT2D eigenvalue weighted by atomic mass is 10.1. The zero-order valence-electron chi connectivity index (χ0n) is 18.4. The SMILES string of the molecule is Cc1nn(Cc2ccc(C(N)=O)cc2)c(C)c1NC(=O)c1cc(C(N)=O)nc2cc(F)ccc12. The number of hydrogen-bond acceptors (Lipinski definition) is 5. The van der Waals surface area contributed by atoms with Crippen LogP contribution in [0, 0.1) is 19.7 Å². The summed E-state index contributed by atoms with van der Waals surface area (Å²) in [5.74, 6) is -2.40. The summed E-state index contributed by atoms with van der Waals surface area (Å²) in [6, 6.07) is 11.9. The fraction of sp³-hybridized carbons (Fsp3) is 0.125. The highest BCUT2D eigenvalue weighted by Crippen LogP contribution is 2.25. The van der Waals surface area contributed by atoms with Crippen molar-refractivity contribution in [2.75, 3.05) is 5.32 Å². The van der Waals surface area contributed by atoms with Crippen LogP contribution in [0.4, 0.5) is 10.1 Å². The summed E-state index contributed by atoms with van der Waals surface area (Å²) in [5.41, 5.74) is 13.8. The highest BCUT2D eigenvalue weighted by Gasteiger charge is 2.20. The van der Waals surface area contributed by atoms with E-state index in [-0.39, 0.29) is 16.8 Å². The summed E-state index contributed by atoms with van der Waals surface area (Å²) < 4.78 is 15.4. The summed E-state index contributed by atoms with van der Waals surface area (Å²) in [7, 11) is 0. The van der Waals surface area contributed by atoms with Crippen molar-refractivity contribution < 1.29 is 18.8 Å². The number of amides is 3. The molecule has 0 unspecified atom stereocenters. The number of anilines is 1. The van der Waals surface area contributed by atoms with E-state index >= 15 is 0 Å². The number of aromatic nitrogens is 3. The van der Waals surface area contributed by atoms with Gasteiger partial charge >= 0.3 is 0 Å². The number of aryl methyl sites for hydroxylation is 1. The van der Waals surface area contributed by atoms with Gasteiger partial charge in [0.25, 0.3) is 11.8 Å². The van der Waals surface area contributed by atoms with E-state index in [1.807, 2.05) is 6.92 Å². The number of nitrogens with two attached hydrogens (primary N) is 2. The van der Waals surface area contributed by atoms with Gasteiger partial charge in [-0.05, 0) is 49.7 Å². The molecule has 9 nitrogen and oxygen atoms in total. The molecule has 0 bridgehead atoms. The number of rotatable bonds is 6. The Morgan fingerprint density at radius 3 is 2.35 bits per heavy atom. The molecular formula is C24H21FN6O3. The number of carbonyl (C=O) groups is 3. The largest absolute Gasteiger partial charge is 0.366 e. The Bertz CT molecular complexity index is 1460. The predicted octanol–water partition coefficient (Wildman–Crippen LogP) is 2.69. The van der Waals surface area contributed by atoms with Crippen LogP contribution in [0.2, 0.25) is 0 Å². The molecule has 2 aromatic carbocycles. The monoisotopic (exact) mass is 460 g/mol. The lowest BCUT2D eigenvalue weighted by Gasteiger charge is -2.10. The highest BCUT2D eigenvalue weighted by atomic mass is 19.1. The first-order chi connectivity index (χ1) is 16.1. The lowest BCUT2D eigenvalue weighted by molar-refractivity contribution is 0.0989. The second kappa shape index (κ2) is 8.74. The third-order valence-corrected chi connectivity index (χ3v) is 5.46.